The molecule has 0 unspecified atom stereocenters. The van der Waals surface area contributed by atoms with Gasteiger partial charge in [-0.2, -0.15) is 0 Å². The molecule has 0 bridgehead atoms. The van der Waals surface area contributed by atoms with Crippen LogP contribution in [0.2, 0.25) is 0 Å². The van der Waals surface area contributed by atoms with Crippen molar-refractivity contribution in [1.82, 2.24) is 0 Å². The van der Waals surface area contributed by atoms with Crippen molar-refractivity contribution in [3.05, 3.63) is 59.7 Å². The van der Waals surface area contributed by atoms with E-state index in [0.29, 0.717) is 0 Å². The molecule has 0 atom stereocenters. The van der Waals surface area contributed by atoms with Gasteiger partial charge in [0.25, 0.3) is 0 Å². The zero-order valence-electron chi connectivity index (χ0n) is 11.6. The summed E-state index contributed by atoms with van der Waals surface area (Å²) in [5.74, 6) is 0. The standard InChI is InChI=1S/C17H19.Y/c1-13-10-11-15(17(2,3)4)12-16(13)14-8-6-5-7-9-14;/h5-8,10-12H,1-4H3;/q-1;. The molecule has 2 aromatic carbocycles. The summed E-state index contributed by atoms with van der Waals surface area (Å²) in [7, 11) is 0. The van der Waals surface area contributed by atoms with Gasteiger partial charge >= 0.3 is 0 Å². The number of hydrogen-bond donors (Lipinski definition) is 0. The summed E-state index contributed by atoms with van der Waals surface area (Å²) in [6, 6.07) is 18.2. The Morgan fingerprint density at radius 3 is 2.28 bits per heavy atom. The summed E-state index contributed by atoms with van der Waals surface area (Å²) in [5.41, 5.74) is 5.34. The van der Waals surface area contributed by atoms with Crippen LogP contribution < -0.4 is 0 Å². The van der Waals surface area contributed by atoms with Crippen molar-refractivity contribution in [1.29, 1.82) is 0 Å². The molecule has 0 aliphatic rings. The zero-order chi connectivity index (χ0) is 12.5. The molecule has 0 N–H and O–H groups in total. The van der Waals surface area contributed by atoms with Gasteiger partial charge in [0, 0.05) is 32.7 Å². The quantitative estimate of drug-likeness (QED) is 0.666. The molecular formula is C17H19Y-. The van der Waals surface area contributed by atoms with E-state index < -0.39 is 0 Å². The minimum absolute atomic E-state index is 0. The Bertz CT molecular complexity index is 507. The Labute approximate surface area is 136 Å². The second-order valence-corrected chi connectivity index (χ2v) is 5.56. The first-order valence-electron chi connectivity index (χ1n) is 6.07. The predicted molar refractivity (Wildman–Crippen MR) is 74.2 cm³/mol. The maximum Gasteiger partial charge on any atom is 0 e. The zero-order valence-corrected chi connectivity index (χ0v) is 14.5. The van der Waals surface area contributed by atoms with E-state index in [1.165, 1.54) is 22.3 Å². The first-order valence-corrected chi connectivity index (χ1v) is 6.07. The van der Waals surface area contributed by atoms with Gasteiger partial charge in [-0.1, -0.05) is 55.7 Å². The molecule has 0 aromatic heterocycles. The summed E-state index contributed by atoms with van der Waals surface area (Å²) < 4.78 is 0. The molecule has 18 heavy (non-hydrogen) atoms. The van der Waals surface area contributed by atoms with E-state index in [4.69, 9.17) is 0 Å². The molecule has 2 rings (SSSR count). The van der Waals surface area contributed by atoms with E-state index in [-0.39, 0.29) is 38.1 Å². The molecule has 0 aliphatic heterocycles. The second kappa shape index (κ2) is 6.13. The number of benzene rings is 2. The monoisotopic (exact) mass is 312 g/mol. The van der Waals surface area contributed by atoms with Crippen LogP contribution in [0.1, 0.15) is 31.9 Å². The normalized spacial score (nSPS) is 10.9. The van der Waals surface area contributed by atoms with Crippen molar-refractivity contribution < 1.29 is 32.7 Å². The Morgan fingerprint density at radius 2 is 1.72 bits per heavy atom. The second-order valence-electron chi connectivity index (χ2n) is 5.56. The Kier molecular flexibility index (Phi) is 5.31. The molecule has 0 saturated heterocycles. The molecule has 0 nitrogen and oxygen atoms in total. The fourth-order valence-corrected chi connectivity index (χ4v) is 1.94. The fourth-order valence-electron chi connectivity index (χ4n) is 1.94. The van der Waals surface area contributed by atoms with Crippen molar-refractivity contribution in [2.75, 3.05) is 0 Å². The average Bonchev–Trinajstić information content (AvgIpc) is 2.29. The van der Waals surface area contributed by atoms with Crippen molar-refractivity contribution in [3.63, 3.8) is 0 Å². The van der Waals surface area contributed by atoms with E-state index in [0.717, 1.165) is 0 Å². The molecule has 0 fully saturated rings. The molecule has 1 heteroatoms. The fraction of sp³-hybridized carbons (Fsp3) is 0.294. The molecule has 0 saturated carbocycles. The molecule has 2 aromatic rings. The van der Waals surface area contributed by atoms with Crippen LogP contribution in [0, 0.1) is 13.0 Å². The number of hydrogen-bond acceptors (Lipinski definition) is 0. The van der Waals surface area contributed by atoms with Gasteiger partial charge in [-0.05, 0) is 12.3 Å². The first kappa shape index (κ1) is 15.6. The summed E-state index contributed by atoms with van der Waals surface area (Å²) >= 11 is 0. The molecule has 1 radical (unpaired) electrons. The number of rotatable bonds is 1. The minimum Gasteiger partial charge on any atom is -0.147 e. The van der Waals surface area contributed by atoms with Gasteiger partial charge in [-0.15, -0.1) is 35.9 Å². The maximum atomic E-state index is 3.30. The summed E-state index contributed by atoms with van der Waals surface area (Å²) in [6.07, 6.45) is 0. The van der Waals surface area contributed by atoms with Gasteiger partial charge in [-0.3, -0.25) is 0 Å². The van der Waals surface area contributed by atoms with Crippen LogP contribution in [0.4, 0.5) is 0 Å². The van der Waals surface area contributed by atoms with Crippen LogP contribution in [0.25, 0.3) is 11.1 Å². The van der Waals surface area contributed by atoms with Crippen LogP contribution in [-0.4, -0.2) is 0 Å². The summed E-state index contributed by atoms with van der Waals surface area (Å²) in [5, 5.41) is 0. The van der Waals surface area contributed by atoms with Gasteiger partial charge in [0.1, 0.15) is 0 Å². The Balaban J connectivity index is 0.00000162. The molecule has 0 aliphatic carbocycles. The average molecular weight is 312 g/mol. The first-order chi connectivity index (χ1) is 7.98. The predicted octanol–water partition coefficient (Wildman–Crippen LogP) is 4.76. The third-order valence-corrected chi connectivity index (χ3v) is 3.10. The van der Waals surface area contributed by atoms with Crippen LogP contribution in [0.5, 0.6) is 0 Å². The SMILES string of the molecule is Cc1ccc(C(C)(C)C)cc1-c1[c-]cccc1.[Y]. The van der Waals surface area contributed by atoms with E-state index in [2.05, 4.69) is 64.1 Å². The smallest absolute Gasteiger partial charge is 0 e. The van der Waals surface area contributed by atoms with Crippen molar-refractivity contribution in [3.8, 4) is 11.1 Å². The Morgan fingerprint density at radius 1 is 1.00 bits per heavy atom. The third-order valence-electron chi connectivity index (χ3n) is 3.10. The van der Waals surface area contributed by atoms with Crippen molar-refractivity contribution in [2.45, 2.75) is 33.1 Å². The summed E-state index contributed by atoms with van der Waals surface area (Å²) in [4.78, 5) is 0. The van der Waals surface area contributed by atoms with Crippen molar-refractivity contribution >= 4 is 0 Å². The van der Waals surface area contributed by atoms with Gasteiger partial charge in [0.2, 0.25) is 0 Å². The van der Waals surface area contributed by atoms with E-state index in [9.17, 15) is 0 Å². The van der Waals surface area contributed by atoms with E-state index in [1.54, 1.807) is 0 Å². The minimum atomic E-state index is 0. The number of aryl methyl sites for hydroxylation is 1. The van der Waals surface area contributed by atoms with Crippen molar-refractivity contribution in [2.24, 2.45) is 0 Å². The van der Waals surface area contributed by atoms with Crippen LogP contribution in [0.3, 0.4) is 0 Å². The molecule has 91 valence electrons. The molecule has 0 heterocycles. The molecule has 0 amide bonds. The van der Waals surface area contributed by atoms with Crippen LogP contribution >= 0.6 is 0 Å². The van der Waals surface area contributed by atoms with Gasteiger partial charge in [0.15, 0.2) is 0 Å². The van der Waals surface area contributed by atoms with E-state index >= 15 is 0 Å². The van der Waals surface area contributed by atoms with Gasteiger partial charge in [0.05, 0.1) is 0 Å². The Hall–Kier alpha value is -0.456. The summed E-state index contributed by atoms with van der Waals surface area (Å²) in [6.45, 7) is 8.89. The van der Waals surface area contributed by atoms with Crippen LogP contribution in [0.15, 0.2) is 42.5 Å². The maximum absolute atomic E-state index is 3.30. The third kappa shape index (κ3) is 3.52. The largest absolute Gasteiger partial charge is 0.147 e. The topological polar surface area (TPSA) is 0 Å². The molecule has 0 spiro atoms. The molecular weight excluding hydrogens is 293 g/mol. The van der Waals surface area contributed by atoms with E-state index in [1.807, 2.05) is 12.1 Å². The van der Waals surface area contributed by atoms with Gasteiger partial charge < -0.3 is 0 Å². The van der Waals surface area contributed by atoms with Gasteiger partial charge in [-0.25, -0.2) is 0 Å². The van der Waals surface area contributed by atoms with Crippen LogP contribution in [-0.2, 0) is 38.1 Å².